The van der Waals surface area contributed by atoms with Gasteiger partial charge in [0, 0.05) is 38.3 Å². The predicted octanol–water partition coefficient (Wildman–Crippen LogP) is 4.93. The van der Waals surface area contributed by atoms with Gasteiger partial charge in [-0.2, -0.15) is 9.49 Å². The zero-order chi connectivity index (χ0) is 22.5. The van der Waals surface area contributed by atoms with Gasteiger partial charge >= 0.3 is 0 Å². The second kappa shape index (κ2) is 10.0. The molecule has 0 N–H and O–H groups in total. The molecule has 31 heavy (non-hydrogen) atoms. The van der Waals surface area contributed by atoms with Gasteiger partial charge in [0.25, 0.3) is 6.43 Å². The van der Waals surface area contributed by atoms with Gasteiger partial charge in [0.2, 0.25) is 5.95 Å². The van der Waals surface area contributed by atoms with Gasteiger partial charge in [-0.05, 0) is 37.0 Å². The van der Waals surface area contributed by atoms with Crippen molar-refractivity contribution in [3.63, 3.8) is 0 Å². The van der Waals surface area contributed by atoms with Crippen molar-refractivity contribution >= 4 is 11.5 Å². The van der Waals surface area contributed by atoms with E-state index in [9.17, 15) is 17.7 Å². The van der Waals surface area contributed by atoms with Gasteiger partial charge in [-0.15, -0.1) is 9.60 Å². The maximum absolute atomic E-state index is 14.3. The van der Waals surface area contributed by atoms with E-state index in [-0.39, 0.29) is 11.6 Å². The summed E-state index contributed by atoms with van der Waals surface area (Å²) in [6, 6.07) is 5.56. The van der Waals surface area contributed by atoms with Crippen molar-refractivity contribution in [2.24, 2.45) is 5.92 Å². The third kappa shape index (κ3) is 5.30. The van der Waals surface area contributed by atoms with Gasteiger partial charge < -0.3 is 4.90 Å². The fourth-order valence-electron chi connectivity index (χ4n) is 3.77. The zero-order valence-electron chi connectivity index (χ0n) is 17.8. The molecule has 1 atom stereocenters. The molecule has 1 unspecified atom stereocenters. The Morgan fingerprint density at radius 3 is 2.71 bits per heavy atom. The van der Waals surface area contributed by atoms with Crippen LogP contribution in [0.5, 0.6) is 0 Å². The Balaban J connectivity index is 0.00000132. The van der Waals surface area contributed by atoms with E-state index in [1.54, 1.807) is 6.07 Å². The molecule has 4 rings (SSSR count). The summed E-state index contributed by atoms with van der Waals surface area (Å²) in [4.78, 5) is 10.1. The number of pyridine rings is 1. The Labute approximate surface area is 178 Å². The Morgan fingerprint density at radius 1 is 1.23 bits per heavy atom. The highest BCUT2D eigenvalue weighted by atomic mass is 19.3. The van der Waals surface area contributed by atoms with Gasteiger partial charge in [0.05, 0.1) is 11.9 Å². The fraction of sp³-hybridized carbons (Fsp3) is 0.476. The van der Waals surface area contributed by atoms with Crippen LogP contribution in [0.15, 0.2) is 30.5 Å². The van der Waals surface area contributed by atoms with Crippen molar-refractivity contribution in [3.8, 4) is 11.3 Å². The molecule has 1 aliphatic heterocycles. The number of fused-ring (bicyclic) bond motifs is 1. The molecule has 0 aliphatic carbocycles. The van der Waals surface area contributed by atoms with Crippen LogP contribution in [0, 0.1) is 11.9 Å². The smallest absolute Gasteiger partial charge is 0.282 e. The molecular weight excluding hydrogens is 412 g/mol. The van der Waals surface area contributed by atoms with Crippen LogP contribution in [0.3, 0.4) is 0 Å². The summed E-state index contributed by atoms with van der Waals surface area (Å²) in [7, 11) is 1.38. The Kier molecular flexibility index (Phi) is 7.42. The number of halogens is 4. The zero-order valence-corrected chi connectivity index (χ0v) is 17.8. The fourth-order valence-corrected chi connectivity index (χ4v) is 3.77. The molecule has 3 aromatic rings. The monoisotopic (exact) mass is 438 g/mol. The Morgan fingerprint density at radius 2 is 2.00 bits per heavy atom. The molecule has 168 valence electrons. The van der Waals surface area contributed by atoms with Crippen LogP contribution < -0.4 is 4.90 Å². The topological polar surface area (TPSA) is 49.6 Å². The van der Waals surface area contributed by atoms with E-state index in [4.69, 9.17) is 0 Å². The number of hydrogen-bond donors (Lipinski definition) is 0. The van der Waals surface area contributed by atoms with Crippen molar-refractivity contribution in [1.29, 1.82) is 0 Å². The first-order chi connectivity index (χ1) is 14.9. The van der Waals surface area contributed by atoms with Gasteiger partial charge in [-0.1, -0.05) is 13.8 Å². The lowest BCUT2D eigenvalue weighted by molar-refractivity contribution is 0.0382. The molecule has 1 saturated heterocycles. The number of anilines is 1. The van der Waals surface area contributed by atoms with Crippen LogP contribution in [0.4, 0.5) is 23.5 Å². The van der Waals surface area contributed by atoms with Crippen LogP contribution in [-0.4, -0.2) is 51.4 Å². The first-order valence-electron chi connectivity index (χ1n) is 10.3. The van der Waals surface area contributed by atoms with Crippen molar-refractivity contribution in [2.45, 2.75) is 33.1 Å². The van der Waals surface area contributed by atoms with Crippen LogP contribution in [0.1, 0.15) is 38.8 Å². The maximum Gasteiger partial charge on any atom is 0.282 e. The van der Waals surface area contributed by atoms with E-state index in [0.717, 1.165) is 12.8 Å². The summed E-state index contributed by atoms with van der Waals surface area (Å²) in [6.45, 7) is 5.54. The number of piperidine rings is 1. The molecule has 4 heterocycles. The minimum Gasteiger partial charge on any atom is -0.356 e. The standard InChI is InChI=1S/C19H20F4N6.C2H6/c1-27(23)10-12-3-2-6-28(11-12)18-8-13(7-16(20)25-18)15-9-24-17-5-4-14(19(21)22)26-29(15)17;1-2/h4-5,7-9,12,19H,2-3,6,10-11H2,1H3;1-2H3. The average molecular weight is 438 g/mol. The molecule has 0 spiro atoms. The summed E-state index contributed by atoms with van der Waals surface area (Å²) >= 11 is 0. The summed E-state index contributed by atoms with van der Waals surface area (Å²) in [5, 5.41) is 4.58. The SMILES string of the molecule is CC.CN(F)CC1CCCN(c2cc(-c3cnc4ccc(C(F)F)nn34)cc(F)n2)C1. The van der Waals surface area contributed by atoms with E-state index in [2.05, 4.69) is 15.1 Å². The number of aromatic nitrogens is 4. The third-order valence-electron chi connectivity index (χ3n) is 5.04. The van der Waals surface area contributed by atoms with Gasteiger partial charge in [-0.3, -0.25) is 0 Å². The van der Waals surface area contributed by atoms with Crippen molar-refractivity contribution in [2.75, 3.05) is 31.6 Å². The molecule has 0 aromatic carbocycles. The van der Waals surface area contributed by atoms with E-state index in [1.165, 1.54) is 36.0 Å². The van der Waals surface area contributed by atoms with Gasteiger partial charge in [0.1, 0.15) is 11.5 Å². The summed E-state index contributed by atoms with van der Waals surface area (Å²) in [6.07, 6.45) is 0.479. The number of nitrogens with zero attached hydrogens (tertiary/aromatic N) is 6. The minimum atomic E-state index is -2.72. The summed E-state index contributed by atoms with van der Waals surface area (Å²) in [5.74, 6) is -0.160. The first-order valence-corrected chi connectivity index (χ1v) is 10.3. The van der Waals surface area contributed by atoms with E-state index in [0.29, 0.717) is 47.5 Å². The second-order valence-electron chi connectivity index (χ2n) is 7.25. The summed E-state index contributed by atoms with van der Waals surface area (Å²) < 4.78 is 54.9. The molecule has 1 aliphatic rings. The molecule has 3 aromatic heterocycles. The van der Waals surface area contributed by atoms with Crippen LogP contribution >= 0.6 is 0 Å². The summed E-state index contributed by atoms with van der Waals surface area (Å²) in [5.41, 5.74) is 0.818. The number of hydrogen-bond acceptors (Lipinski definition) is 5. The molecular formula is C21H26F4N6. The number of imidazole rings is 1. The lowest BCUT2D eigenvalue weighted by Gasteiger charge is -2.34. The predicted molar refractivity (Wildman–Crippen MR) is 111 cm³/mol. The third-order valence-corrected chi connectivity index (χ3v) is 5.04. The molecule has 10 heteroatoms. The van der Waals surface area contributed by atoms with E-state index >= 15 is 0 Å². The second-order valence-corrected chi connectivity index (χ2v) is 7.25. The van der Waals surface area contributed by atoms with Crippen molar-refractivity contribution in [1.82, 2.24) is 24.7 Å². The lowest BCUT2D eigenvalue weighted by atomic mass is 9.98. The Hall–Kier alpha value is -2.75. The lowest BCUT2D eigenvalue weighted by Crippen LogP contribution is -2.39. The van der Waals surface area contributed by atoms with Crippen LogP contribution in [-0.2, 0) is 0 Å². The van der Waals surface area contributed by atoms with Gasteiger partial charge in [-0.25, -0.2) is 23.3 Å². The van der Waals surface area contributed by atoms with Crippen LogP contribution in [0.25, 0.3) is 16.9 Å². The molecule has 1 fully saturated rings. The molecule has 6 nitrogen and oxygen atoms in total. The normalized spacial score (nSPS) is 16.7. The molecule has 0 saturated carbocycles. The first kappa shape index (κ1) is 22.9. The van der Waals surface area contributed by atoms with E-state index < -0.39 is 12.4 Å². The quantitative estimate of drug-likeness (QED) is 0.321. The highest BCUT2D eigenvalue weighted by Crippen LogP contribution is 2.28. The minimum absolute atomic E-state index is 0.110. The molecule has 0 amide bonds. The molecule has 0 bridgehead atoms. The molecule has 0 radical (unpaired) electrons. The average Bonchev–Trinajstić information content (AvgIpc) is 3.18. The van der Waals surface area contributed by atoms with Crippen LogP contribution in [0.2, 0.25) is 0 Å². The van der Waals surface area contributed by atoms with E-state index in [1.807, 2.05) is 18.7 Å². The van der Waals surface area contributed by atoms with Crippen molar-refractivity contribution < 1.29 is 17.7 Å². The number of rotatable bonds is 5. The van der Waals surface area contributed by atoms with Crippen molar-refractivity contribution in [3.05, 3.63) is 42.1 Å². The maximum atomic E-state index is 14.3. The highest BCUT2D eigenvalue weighted by Gasteiger charge is 2.23. The number of alkyl halides is 2. The Bertz CT molecular complexity index is 1010. The largest absolute Gasteiger partial charge is 0.356 e. The highest BCUT2D eigenvalue weighted by molar-refractivity contribution is 5.66. The van der Waals surface area contributed by atoms with Gasteiger partial charge in [0.15, 0.2) is 5.65 Å².